The van der Waals surface area contributed by atoms with Crippen molar-refractivity contribution in [2.75, 3.05) is 7.05 Å². The summed E-state index contributed by atoms with van der Waals surface area (Å²) in [6.07, 6.45) is 7.70. The van der Waals surface area contributed by atoms with Crippen LogP contribution in [0, 0.1) is 5.82 Å². The molecule has 1 fully saturated rings. The van der Waals surface area contributed by atoms with Gasteiger partial charge in [-0.3, -0.25) is 9.20 Å². The Labute approximate surface area is 129 Å². The number of imidazole rings is 1. The molecule has 3 rings (SSSR count). The maximum absolute atomic E-state index is 13.6. The molecule has 0 saturated heterocycles. The van der Waals surface area contributed by atoms with E-state index in [0.717, 1.165) is 18.5 Å². The van der Waals surface area contributed by atoms with Crippen molar-refractivity contribution < 1.29 is 9.18 Å². The van der Waals surface area contributed by atoms with Crippen LogP contribution < -0.4 is 0 Å². The van der Waals surface area contributed by atoms with Crippen LogP contribution in [0.2, 0.25) is 0 Å². The topological polar surface area (TPSA) is 37.6 Å². The summed E-state index contributed by atoms with van der Waals surface area (Å²) < 4.78 is 15.2. The van der Waals surface area contributed by atoms with Crippen LogP contribution in [0.3, 0.4) is 0 Å². The minimum absolute atomic E-state index is 0.0538. The van der Waals surface area contributed by atoms with Crippen LogP contribution in [0.1, 0.15) is 55.2 Å². The number of hydrogen-bond acceptors (Lipinski definition) is 2. The lowest BCUT2D eigenvalue weighted by atomic mass is 9.94. The Kier molecular flexibility index (Phi) is 4.14. The minimum Gasteiger partial charge on any atom is -0.337 e. The van der Waals surface area contributed by atoms with Crippen molar-refractivity contribution in [1.82, 2.24) is 14.3 Å². The Morgan fingerprint density at radius 2 is 2.09 bits per heavy atom. The number of rotatable bonds is 3. The normalized spacial score (nSPS) is 16.1. The number of hydrogen-bond donors (Lipinski definition) is 0. The van der Waals surface area contributed by atoms with Gasteiger partial charge in [0.05, 0.1) is 5.69 Å². The smallest absolute Gasteiger partial charge is 0.272 e. The monoisotopic (exact) mass is 303 g/mol. The molecular formula is C17H22FN3O. The number of aromatic nitrogens is 2. The van der Waals surface area contributed by atoms with Crippen LogP contribution in [0.5, 0.6) is 0 Å². The number of aryl methyl sites for hydroxylation is 1. The number of fused-ring (bicyclic) bond motifs is 1. The van der Waals surface area contributed by atoms with E-state index in [1.54, 1.807) is 10.5 Å². The van der Waals surface area contributed by atoms with Gasteiger partial charge in [-0.25, -0.2) is 9.37 Å². The van der Waals surface area contributed by atoms with E-state index in [0.29, 0.717) is 17.8 Å². The summed E-state index contributed by atoms with van der Waals surface area (Å²) in [6, 6.07) is 3.28. The van der Waals surface area contributed by atoms with Gasteiger partial charge in [0.2, 0.25) is 0 Å². The van der Waals surface area contributed by atoms with Crippen molar-refractivity contribution in [1.29, 1.82) is 0 Å². The van der Waals surface area contributed by atoms with Crippen LogP contribution in [0.4, 0.5) is 4.39 Å². The Hall–Kier alpha value is -1.91. The first-order chi connectivity index (χ1) is 10.6. The molecule has 1 saturated carbocycles. The molecule has 0 radical (unpaired) electrons. The van der Waals surface area contributed by atoms with Gasteiger partial charge in [0.25, 0.3) is 5.91 Å². The first-order valence-corrected chi connectivity index (χ1v) is 8.05. The van der Waals surface area contributed by atoms with Gasteiger partial charge in [-0.1, -0.05) is 26.2 Å². The van der Waals surface area contributed by atoms with Gasteiger partial charge in [-0.2, -0.15) is 0 Å². The number of carbonyl (C=O) groups is 1. The van der Waals surface area contributed by atoms with Crippen LogP contribution in [-0.4, -0.2) is 33.3 Å². The second-order valence-corrected chi connectivity index (χ2v) is 6.04. The Morgan fingerprint density at radius 1 is 1.36 bits per heavy atom. The molecular weight excluding hydrogens is 281 g/mol. The third-order valence-corrected chi connectivity index (χ3v) is 4.63. The molecule has 0 unspecified atom stereocenters. The summed E-state index contributed by atoms with van der Waals surface area (Å²) >= 11 is 0. The Bertz CT molecular complexity index is 689. The second-order valence-electron chi connectivity index (χ2n) is 6.04. The molecule has 0 N–H and O–H groups in total. The van der Waals surface area contributed by atoms with Gasteiger partial charge in [0, 0.05) is 19.3 Å². The van der Waals surface area contributed by atoms with Crippen LogP contribution in [-0.2, 0) is 6.42 Å². The minimum atomic E-state index is -0.359. The summed E-state index contributed by atoms with van der Waals surface area (Å²) in [4.78, 5) is 19.2. The molecule has 1 aliphatic carbocycles. The van der Waals surface area contributed by atoms with E-state index in [4.69, 9.17) is 0 Å². The van der Waals surface area contributed by atoms with Crippen molar-refractivity contribution in [3.63, 3.8) is 0 Å². The highest BCUT2D eigenvalue weighted by Gasteiger charge is 2.27. The summed E-state index contributed by atoms with van der Waals surface area (Å²) in [5.41, 5.74) is 1.86. The average Bonchev–Trinajstić information content (AvgIpc) is 2.92. The van der Waals surface area contributed by atoms with E-state index in [1.807, 2.05) is 18.9 Å². The molecule has 0 aromatic carbocycles. The van der Waals surface area contributed by atoms with E-state index in [2.05, 4.69) is 4.98 Å². The van der Waals surface area contributed by atoms with Crippen LogP contribution in [0.15, 0.2) is 18.3 Å². The fraction of sp³-hybridized carbons (Fsp3) is 0.529. The summed E-state index contributed by atoms with van der Waals surface area (Å²) in [6.45, 7) is 1.97. The van der Waals surface area contributed by atoms with Crippen LogP contribution in [0.25, 0.3) is 5.65 Å². The third-order valence-electron chi connectivity index (χ3n) is 4.63. The molecule has 0 bridgehead atoms. The molecule has 2 aromatic rings. The second kappa shape index (κ2) is 6.07. The molecule has 0 atom stereocenters. The number of halogens is 1. The maximum Gasteiger partial charge on any atom is 0.272 e. The van der Waals surface area contributed by atoms with Gasteiger partial charge >= 0.3 is 0 Å². The van der Waals surface area contributed by atoms with Gasteiger partial charge in [0.15, 0.2) is 0 Å². The number of amides is 1. The highest BCUT2D eigenvalue weighted by molar-refractivity contribution is 5.94. The molecule has 5 heteroatoms. The summed E-state index contributed by atoms with van der Waals surface area (Å²) in [7, 11) is 1.86. The molecule has 2 heterocycles. The van der Waals surface area contributed by atoms with E-state index in [-0.39, 0.29) is 17.8 Å². The zero-order valence-electron chi connectivity index (χ0n) is 13.2. The zero-order valence-corrected chi connectivity index (χ0v) is 13.2. The molecule has 0 aliphatic heterocycles. The predicted octanol–water partition coefficient (Wildman–Crippen LogP) is 3.44. The molecule has 4 nitrogen and oxygen atoms in total. The van der Waals surface area contributed by atoms with Gasteiger partial charge in [-0.15, -0.1) is 0 Å². The lowest BCUT2D eigenvalue weighted by Gasteiger charge is -2.31. The van der Waals surface area contributed by atoms with Crippen molar-refractivity contribution in [3.05, 3.63) is 35.5 Å². The lowest BCUT2D eigenvalue weighted by Crippen LogP contribution is -2.39. The summed E-state index contributed by atoms with van der Waals surface area (Å²) in [5.74, 6) is -0.413. The van der Waals surface area contributed by atoms with E-state index < -0.39 is 0 Å². The Balaban J connectivity index is 2.00. The molecule has 22 heavy (non-hydrogen) atoms. The van der Waals surface area contributed by atoms with Crippen LogP contribution >= 0.6 is 0 Å². The number of nitrogens with zero attached hydrogens (tertiary/aromatic N) is 3. The van der Waals surface area contributed by atoms with Gasteiger partial charge in [-0.05, 0) is 31.4 Å². The molecule has 1 aliphatic rings. The van der Waals surface area contributed by atoms with Crippen molar-refractivity contribution in [2.24, 2.45) is 0 Å². The maximum atomic E-state index is 13.6. The van der Waals surface area contributed by atoms with E-state index in [1.165, 1.54) is 31.5 Å². The van der Waals surface area contributed by atoms with E-state index >= 15 is 0 Å². The molecule has 118 valence electrons. The lowest BCUT2D eigenvalue weighted by molar-refractivity contribution is 0.0688. The fourth-order valence-corrected chi connectivity index (χ4v) is 3.34. The average molecular weight is 303 g/mol. The summed E-state index contributed by atoms with van der Waals surface area (Å²) in [5, 5.41) is 0. The first kappa shape index (κ1) is 15.0. The third kappa shape index (κ3) is 2.60. The number of pyridine rings is 1. The predicted molar refractivity (Wildman–Crippen MR) is 83.5 cm³/mol. The van der Waals surface area contributed by atoms with E-state index in [9.17, 15) is 9.18 Å². The highest BCUT2D eigenvalue weighted by atomic mass is 19.1. The first-order valence-electron chi connectivity index (χ1n) is 8.05. The van der Waals surface area contributed by atoms with Crippen molar-refractivity contribution in [2.45, 2.75) is 51.5 Å². The largest absolute Gasteiger partial charge is 0.337 e. The molecule has 1 amide bonds. The van der Waals surface area contributed by atoms with Gasteiger partial charge < -0.3 is 4.90 Å². The SMILES string of the molecule is CCc1nc2ccc(F)cn2c1C(=O)N(C)C1CCCCC1. The zero-order chi connectivity index (χ0) is 15.7. The molecule has 2 aromatic heterocycles. The highest BCUT2D eigenvalue weighted by Crippen LogP contribution is 2.24. The quantitative estimate of drug-likeness (QED) is 0.871. The van der Waals surface area contributed by atoms with Crippen molar-refractivity contribution in [3.8, 4) is 0 Å². The van der Waals surface area contributed by atoms with Gasteiger partial charge in [0.1, 0.15) is 17.2 Å². The number of carbonyl (C=O) groups excluding carboxylic acids is 1. The standard InChI is InChI=1S/C17H22FN3O/c1-3-14-16(21-11-12(18)9-10-15(21)19-14)17(22)20(2)13-7-5-4-6-8-13/h9-11,13H,3-8H2,1-2H3. The van der Waals surface area contributed by atoms with Crippen molar-refractivity contribution >= 4 is 11.6 Å². The Morgan fingerprint density at radius 3 is 2.77 bits per heavy atom. The molecule has 0 spiro atoms. The fourth-order valence-electron chi connectivity index (χ4n) is 3.34.